The van der Waals surface area contributed by atoms with E-state index in [0.717, 1.165) is 29.2 Å². The minimum absolute atomic E-state index is 0.0294. The molecule has 0 bridgehead atoms. The molecule has 2 aromatic heterocycles. The van der Waals surface area contributed by atoms with Gasteiger partial charge < -0.3 is 9.88 Å². The number of imidazole rings is 1. The molecule has 8 heteroatoms. The summed E-state index contributed by atoms with van der Waals surface area (Å²) >= 11 is 13.4. The number of rotatable bonds is 7. The number of anilines is 1. The van der Waals surface area contributed by atoms with Gasteiger partial charge in [0.2, 0.25) is 5.91 Å². The highest BCUT2D eigenvalue weighted by Gasteiger charge is 2.09. The van der Waals surface area contributed by atoms with E-state index in [1.165, 1.54) is 11.3 Å². The van der Waals surface area contributed by atoms with Crippen LogP contribution in [0.4, 0.5) is 5.13 Å². The molecule has 26 heavy (non-hydrogen) atoms. The molecule has 0 unspecified atom stereocenters. The summed E-state index contributed by atoms with van der Waals surface area (Å²) in [5.41, 5.74) is 1.05. The van der Waals surface area contributed by atoms with E-state index in [0.29, 0.717) is 28.0 Å². The van der Waals surface area contributed by atoms with Crippen molar-refractivity contribution < 1.29 is 4.79 Å². The minimum atomic E-state index is -0.0294. The Labute approximate surface area is 166 Å². The Morgan fingerprint density at radius 2 is 2.12 bits per heavy atom. The molecule has 0 spiro atoms. The van der Waals surface area contributed by atoms with Gasteiger partial charge in [-0.1, -0.05) is 29.3 Å². The number of hydrogen-bond acceptors (Lipinski definition) is 4. The third kappa shape index (κ3) is 5.06. The van der Waals surface area contributed by atoms with Gasteiger partial charge in [0.25, 0.3) is 0 Å². The van der Waals surface area contributed by atoms with Gasteiger partial charge in [0.05, 0.1) is 10.0 Å². The number of thiazole rings is 1. The SMILES string of the molecule is Cc1nccn1CCCC(=O)Nc1ncc(Cc2ccc(Cl)c(Cl)c2)s1. The molecule has 0 fully saturated rings. The second-order valence-electron chi connectivity index (χ2n) is 5.88. The Morgan fingerprint density at radius 3 is 2.85 bits per heavy atom. The van der Waals surface area contributed by atoms with Crippen molar-refractivity contribution in [3.05, 3.63) is 63.1 Å². The second-order valence-corrected chi connectivity index (χ2v) is 7.81. The minimum Gasteiger partial charge on any atom is -0.335 e. The lowest BCUT2D eigenvalue weighted by molar-refractivity contribution is -0.116. The van der Waals surface area contributed by atoms with E-state index in [4.69, 9.17) is 23.2 Å². The fraction of sp³-hybridized carbons (Fsp3) is 0.278. The van der Waals surface area contributed by atoms with Gasteiger partial charge in [0.1, 0.15) is 5.82 Å². The fourth-order valence-electron chi connectivity index (χ4n) is 2.53. The number of nitrogens with zero attached hydrogens (tertiary/aromatic N) is 3. The van der Waals surface area contributed by atoms with Gasteiger partial charge in [0.15, 0.2) is 5.13 Å². The first-order valence-corrected chi connectivity index (χ1v) is 9.75. The predicted molar refractivity (Wildman–Crippen MR) is 106 cm³/mol. The molecule has 2 heterocycles. The van der Waals surface area contributed by atoms with Crippen molar-refractivity contribution in [3.8, 4) is 0 Å². The van der Waals surface area contributed by atoms with Gasteiger partial charge in [0, 0.05) is 42.9 Å². The quantitative estimate of drug-likeness (QED) is 0.600. The third-order valence-electron chi connectivity index (χ3n) is 3.89. The first-order chi connectivity index (χ1) is 12.5. The summed E-state index contributed by atoms with van der Waals surface area (Å²) in [6, 6.07) is 5.56. The molecule has 0 aliphatic rings. The summed E-state index contributed by atoms with van der Waals surface area (Å²) in [6.45, 7) is 2.73. The van der Waals surface area contributed by atoms with Crippen LogP contribution in [-0.2, 0) is 17.8 Å². The monoisotopic (exact) mass is 408 g/mol. The normalized spacial score (nSPS) is 10.9. The van der Waals surface area contributed by atoms with Crippen molar-refractivity contribution >= 4 is 45.6 Å². The number of benzene rings is 1. The molecule has 1 amide bonds. The second kappa shape index (κ2) is 8.66. The van der Waals surface area contributed by atoms with E-state index in [1.807, 2.05) is 29.8 Å². The van der Waals surface area contributed by atoms with Crippen molar-refractivity contribution in [1.29, 1.82) is 0 Å². The Morgan fingerprint density at radius 1 is 1.27 bits per heavy atom. The van der Waals surface area contributed by atoms with Crippen LogP contribution in [0.15, 0.2) is 36.8 Å². The highest BCUT2D eigenvalue weighted by atomic mass is 35.5. The summed E-state index contributed by atoms with van der Waals surface area (Å²) < 4.78 is 2.03. The van der Waals surface area contributed by atoms with Crippen LogP contribution < -0.4 is 5.32 Å². The average Bonchev–Trinajstić information content (AvgIpc) is 3.20. The number of amides is 1. The molecular formula is C18H18Cl2N4OS. The summed E-state index contributed by atoms with van der Waals surface area (Å²) in [6.07, 6.45) is 7.36. The Kier molecular flexibility index (Phi) is 6.29. The smallest absolute Gasteiger partial charge is 0.226 e. The Balaban J connectivity index is 1.48. The molecule has 136 valence electrons. The highest BCUT2D eigenvalue weighted by molar-refractivity contribution is 7.15. The number of aromatic nitrogens is 3. The zero-order chi connectivity index (χ0) is 18.5. The maximum absolute atomic E-state index is 12.1. The number of nitrogens with one attached hydrogen (secondary N) is 1. The van der Waals surface area contributed by atoms with Gasteiger partial charge in [-0.2, -0.15) is 0 Å². The summed E-state index contributed by atoms with van der Waals surface area (Å²) in [5, 5.41) is 4.55. The molecule has 5 nitrogen and oxygen atoms in total. The molecule has 1 aromatic carbocycles. The standard InChI is InChI=1S/C18H18Cl2N4OS/c1-12-21-6-8-24(12)7-2-3-17(25)23-18-22-11-14(26-18)9-13-4-5-15(19)16(20)10-13/h4-6,8,10-11H,2-3,7,9H2,1H3,(H,22,23,25). The average molecular weight is 409 g/mol. The maximum atomic E-state index is 12.1. The van der Waals surface area contributed by atoms with Crippen LogP contribution in [0.5, 0.6) is 0 Å². The van der Waals surface area contributed by atoms with Crippen molar-refractivity contribution in [1.82, 2.24) is 14.5 Å². The van der Waals surface area contributed by atoms with Crippen molar-refractivity contribution in [3.63, 3.8) is 0 Å². The molecule has 0 saturated carbocycles. The molecule has 0 aliphatic heterocycles. The molecule has 3 aromatic rings. The van der Waals surface area contributed by atoms with Gasteiger partial charge in [-0.25, -0.2) is 9.97 Å². The maximum Gasteiger partial charge on any atom is 0.226 e. The van der Waals surface area contributed by atoms with Crippen molar-refractivity contribution in [2.45, 2.75) is 32.7 Å². The lowest BCUT2D eigenvalue weighted by Gasteiger charge is -2.04. The highest BCUT2D eigenvalue weighted by Crippen LogP contribution is 2.26. The number of aryl methyl sites for hydroxylation is 2. The van der Waals surface area contributed by atoms with Gasteiger partial charge in [-0.15, -0.1) is 11.3 Å². The zero-order valence-electron chi connectivity index (χ0n) is 14.2. The van der Waals surface area contributed by atoms with Crippen LogP contribution in [0.25, 0.3) is 0 Å². The number of carbonyl (C=O) groups is 1. The van der Waals surface area contributed by atoms with E-state index >= 15 is 0 Å². The van der Waals surface area contributed by atoms with E-state index in [2.05, 4.69) is 15.3 Å². The third-order valence-corrected chi connectivity index (χ3v) is 5.54. The first-order valence-electron chi connectivity index (χ1n) is 8.17. The summed E-state index contributed by atoms with van der Waals surface area (Å²) in [5.74, 6) is 0.926. The zero-order valence-corrected chi connectivity index (χ0v) is 16.5. The lowest BCUT2D eigenvalue weighted by atomic mass is 10.1. The number of halogens is 2. The van der Waals surface area contributed by atoms with E-state index in [9.17, 15) is 4.79 Å². The van der Waals surface area contributed by atoms with E-state index in [1.54, 1.807) is 18.5 Å². The first kappa shape index (κ1) is 18.9. The number of carbonyl (C=O) groups excluding carboxylic acids is 1. The van der Waals surface area contributed by atoms with Crippen molar-refractivity contribution in [2.75, 3.05) is 5.32 Å². The van der Waals surface area contributed by atoms with Crippen LogP contribution >= 0.6 is 34.5 Å². The lowest BCUT2D eigenvalue weighted by Crippen LogP contribution is -2.12. The largest absolute Gasteiger partial charge is 0.335 e. The van der Waals surface area contributed by atoms with Crippen LogP contribution in [-0.4, -0.2) is 20.4 Å². The molecular weight excluding hydrogens is 391 g/mol. The Bertz CT molecular complexity index is 906. The van der Waals surface area contributed by atoms with Crippen LogP contribution in [0, 0.1) is 6.92 Å². The van der Waals surface area contributed by atoms with Crippen LogP contribution in [0.2, 0.25) is 10.0 Å². The van der Waals surface area contributed by atoms with Gasteiger partial charge in [-0.05, 0) is 31.0 Å². The summed E-state index contributed by atoms with van der Waals surface area (Å²) in [4.78, 5) is 21.6. The Hall–Kier alpha value is -1.89. The van der Waals surface area contributed by atoms with Gasteiger partial charge in [-0.3, -0.25) is 4.79 Å². The molecule has 0 aliphatic carbocycles. The number of hydrogen-bond donors (Lipinski definition) is 1. The van der Waals surface area contributed by atoms with Gasteiger partial charge >= 0.3 is 0 Å². The van der Waals surface area contributed by atoms with E-state index in [-0.39, 0.29) is 5.91 Å². The molecule has 3 rings (SSSR count). The fourth-order valence-corrected chi connectivity index (χ4v) is 3.71. The van der Waals surface area contributed by atoms with Crippen LogP contribution in [0.1, 0.15) is 29.1 Å². The molecule has 1 N–H and O–H groups in total. The summed E-state index contributed by atoms with van der Waals surface area (Å²) in [7, 11) is 0. The molecule has 0 atom stereocenters. The molecule has 0 radical (unpaired) electrons. The topological polar surface area (TPSA) is 59.8 Å². The molecule has 0 saturated heterocycles. The van der Waals surface area contributed by atoms with E-state index < -0.39 is 0 Å². The predicted octanol–water partition coefficient (Wildman–Crippen LogP) is 4.96. The van der Waals surface area contributed by atoms with Crippen molar-refractivity contribution in [2.24, 2.45) is 0 Å². The van der Waals surface area contributed by atoms with Crippen LogP contribution in [0.3, 0.4) is 0 Å².